The summed E-state index contributed by atoms with van der Waals surface area (Å²) in [4.78, 5) is 106. The highest BCUT2D eigenvalue weighted by atomic mass is 16.4. The number of amides is 6. The van der Waals surface area contributed by atoms with Crippen molar-refractivity contribution in [2.75, 3.05) is 13.1 Å². The van der Waals surface area contributed by atoms with Gasteiger partial charge in [0.2, 0.25) is 35.4 Å². The van der Waals surface area contributed by atoms with Gasteiger partial charge in [0.1, 0.15) is 36.3 Å². The fourth-order valence-electron chi connectivity index (χ4n) is 5.78. The molecule has 22 heteroatoms. The largest absolute Gasteiger partial charge is 0.481 e. The van der Waals surface area contributed by atoms with Crippen LogP contribution in [0.4, 0.5) is 0 Å². The maximum atomic E-state index is 13.8. The third-order valence-electron chi connectivity index (χ3n) is 9.01. The Balaban J connectivity index is 2.21. The summed E-state index contributed by atoms with van der Waals surface area (Å²) < 4.78 is 0. The van der Waals surface area contributed by atoms with Crippen LogP contribution < -0.4 is 48.7 Å². The summed E-state index contributed by atoms with van der Waals surface area (Å²) in [5, 5.41) is 56.3. The van der Waals surface area contributed by atoms with Gasteiger partial charge in [-0.15, -0.1) is 0 Å². The molecule has 1 aliphatic heterocycles. The number of aliphatic hydroxyl groups excluding tert-OH is 2. The second-order valence-corrected chi connectivity index (χ2v) is 13.9. The summed E-state index contributed by atoms with van der Waals surface area (Å²) in [6.45, 7) is 4.22. The van der Waals surface area contributed by atoms with Gasteiger partial charge < -0.3 is 69.1 Å². The first-order valence-corrected chi connectivity index (χ1v) is 18.8. The second kappa shape index (κ2) is 24.0. The van der Waals surface area contributed by atoms with Crippen molar-refractivity contribution in [2.24, 2.45) is 16.5 Å². The molecule has 22 nitrogen and oxygen atoms in total. The van der Waals surface area contributed by atoms with E-state index >= 15 is 0 Å². The fraction of sp³-hybridized carbons (Fsp3) is 0.583. The minimum atomic E-state index is -1.80. The molecule has 9 atom stereocenters. The summed E-state index contributed by atoms with van der Waals surface area (Å²) in [5.41, 5.74) is 11.6. The molecule has 6 amide bonds. The molecule has 1 fully saturated rings. The van der Waals surface area contributed by atoms with Crippen molar-refractivity contribution in [3.8, 4) is 0 Å². The lowest BCUT2D eigenvalue weighted by atomic mass is 10.0. The van der Waals surface area contributed by atoms with E-state index in [2.05, 4.69) is 36.9 Å². The Kier molecular flexibility index (Phi) is 20.0. The first-order chi connectivity index (χ1) is 27.3. The van der Waals surface area contributed by atoms with E-state index in [1.165, 1.54) is 6.92 Å². The van der Waals surface area contributed by atoms with Gasteiger partial charge in [0.05, 0.1) is 18.2 Å². The number of carbonyl (C=O) groups excluding carboxylic acids is 6. The minimum absolute atomic E-state index is 0.0145. The number of nitrogens with two attached hydrogens (primary N) is 2. The summed E-state index contributed by atoms with van der Waals surface area (Å²) >= 11 is 0. The number of aliphatic hydroxyl groups is 2. The quantitative estimate of drug-likeness (QED) is 0.0266. The Labute approximate surface area is 334 Å². The van der Waals surface area contributed by atoms with E-state index in [9.17, 15) is 53.7 Å². The maximum absolute atomic E-state index is 13.8. The van der Waals surface area contributed by atoms with Crippen LogP contribution in [0.15, 0.2) is 35.3 Å². The molecule has 0 unspecified atom stereocenters. The molecule has 322 valence electrons. The predicted molar refractivity (Wildman–Crippen MR) is 206 cm³/mol. The molecule has 1 aromatic carbocycles. The van der Waals surface area contributed by atoms with E-state index in [0.29, 0.717) is 13.0 Å². The first kappa shape index (κ1) is 48.3. The number of nitrogens with zero attached hydrogens (tertiary/aromatic N) is 1. The predicted octanol–water partition coefficient (Wildman–Crippen LogP) is -4.33. The summed E-state index contributed by atoms with van der Waals surface area (Å²) in [7, 11) is 0. The molecule has 0 aromatic heterocycles. The number of aliphatic carboxylic acids is 2. The Morgan fingerprint density at radius 3 is 1.84 bits per heavy atom. The zero-order valence-electron chi connectivity index (χ0n) is 32.6. The minimum Gasteiger partial charge on any atom is -0.481 e. The maximum Gasteiger partial charge on any atom is 0.326 e. The molecule has 0 radical (unpaired) electrons. The Morgan fingerprint density at radius 1 is 0.741 bits per heavy atom. The van der Waals surface area contributed by atoms with Gasteiger partial charge in [-0.05, 0) is 65.0 Å². The number of benzene rings is 1. The SMILES string of the molecule is C[C@H](NC(=O)[C@H](CCCN=C(N)N)NC(=O)[C@H](Cc1ccccc1)NC(=O)[C@@H]1CCCN1)C(=O)N[C@H](C(=O)N[C@H](C(=O)N[C@@H](CCC(=O)O)C(=O)O)[C@@H](C)O)[C@@H](C)O. The number of carbonyl (C=O) groups is 8. The molecule has 2 rings (SSSR count). The molecule has 0 bridgehead atoms. The van der Waals surface area contributed by atoms with Gasteiger partial charge >= 0.3 is 11.9 Å². The summed E-state index contributed by atoms with van der Waals surface area (Å²) in [6, 6.07) is -0.614. The van der Waals surface area contributed by atoms with Crippen molar-refractivity contribution in [1.29, 1.82) is 0 Å². The third-order valence-corrected chi connectivity index (χ3v) is 9.01. The standard InChI is InChI=1S/C36H56N10O12/c1-18(29(51)45-28(20(3)48)34(56)46-27(19(2)47)33(55)43-24(35(57)58)13-14-26(49)50)41-31(53)23(12-8-16-40-36(37)38)42-32(54)25(17-21-9-5-4-6-10-21)44-30(52)22-11-7-15-39-22/h4-6,9-10,18-20,22-25,27-28,39,47-48H,7-8,11-17H2,1-3H3,(H,41,53)(H,42,54)(H,43,55)(H,44,52)(H,45,51)(H,46,56)(H,49,50)(H,57,58)(H4,37,38,40)/t18-,19+,20+,22-,23-,24-,25-,27-,28-/m0/s1. The average Bonchev–Trinajstić information content (AvgIpc) is 3.70. The van der Waals surface area contributed by atoms with Crippen LogP contribution in [0.3, 0.4) is 0 Å². The highest BCUT2D eigenvalue weighted by Gasteiger charge is 2.36. The van der Waals surface area contributed by atoms with E-state index in [1.807, 2.05) is 5.32 Å². The molecule has 0 spiro atoms. The van der Waals surface area contributed by atoms with Crippen LogP contribution in [-0.4, -0.2) is 141 Å². The summed E-state index contributed by atoms with van der Waals surface area (Å²) in [6.07, 6.45) is -2.69. The van der Waals surface area contributed by atoms with Crippen molar-refractivity contribution >= 4 is 53.3 Å². The van der Waals surface area contributed by atoms with E-state index in [-0.39, 0.29) is 37.7 Å². The average molecular weight is 821 g/mol. The van der Waals surface area contributed by atoms with E-state index in [4.69, 9.17) is 16.6 Å². The first-order valence-electron chi connectivity index (χ1n) is 18.8. The number of carboxylic acids is 2. The van der Waals surface area contributed by atoms with Crippen molar-refractivity contribution in [1.82, 2.24) is 37.2 Å². The number of rotatable bonds is 24. The van der Waals surface area contributed by atoms with Gasteiger partial charge in [0.25, 0.3) is 0 Å². The molecule has 1 aromatic rings. The van der Waals surface area contributed by atoms with Crippen LogP contribution in [0.1, 0.15) is 64.9 Å². The molecule has 0 saturated carbocycles. The number of aliphatic imine (C=N–C) groups is 1. The van der Waals surface area contributed by atoms with Crippen LogP contribution in [0.2, 0.25) is 0 Å². The third kappa shape index (κ3) is 16.7. The molecule has 15 N–H and O–H groups in total. The van der Waals surface area contributed by atoms with Crippen molar-refractivity contribution in [3.05, 3.63) is 35.9 Å². The Morgan fingerprint density at radius 2 is 1.31 bits per heavy atom. The molecule has 1 aliphatic rings. The van der Waals surface area contributed by atoms with Crippen LogP contribution in [-0.2, 0) is 44.8 Å². The number of hydrogen-bond acceptors (Lipinski definition) is 12. The highest BCUT2D eigenvalue weighted by molar-refractivity contribution is 5.97. The van der Waals surface area contributed by atoms with Crippen LogP contribution in [0.25, 0.3) is 0 Å². The van der Waals surface area contributed by atoms with Crippen LogP contribution in [0.5, 0.6) is 0 Å². The van der Waals surface area contributed by atoms with Gasteiger partial charge in [0, 0.05) is 19.4 Å². The Hall–Kier alpha value is -5.87. The van der Waals surface area contributed by atoms with Gasteiger partial charge in [-0.3, -0.25) is 38.6 Å². The van der Waals surface area contributed by atoms with Gasteiger partial charge in [-0.1, -0.05) is 30.3 Å². The van der Waals surface area contributed by atoms with Crippen LogP contribution in [0, 0.1) is 0 Å². The zero-order chi connectivity index (χ0) is 43.5. The Bertz CT molecular complexity index is 1620. The van der Waals surface area contributed by atoms with Gasteiger partial charge in [0.15, 0.2) is 5.96 Å². The zero-order valence-corrected chi connectivity index (χ0v) is 32.6. The molecular formula is C36H56N10O12. The van der Waals surface area contributed by atoms with Crippen molar-refractivity contribution in [3.63, 3.8) is 0 Å². The fourth-order valence-corrected chi connectivity index (χ4v) is 5.78. The lowest BCUT2D eigenvalue weighted by Crippen LogP contribution is -2.62. The number of carboxylic acid groups (broad SMARTS) is 2. The summed E-state index contributed by atoms with van der Waals surface area (Å²) in [5.74, 6) is -8.34. The monoisotopic (exact) mass is 820 g/mol. The van der Waals surface area contributed by atoms with E-state index < -0.39 is 109 Å². The van der Waals surface area contributed by atoms with Gasteiger partial charge in [-0.25, -0.2) is 4.79 Å². The smallest absolute Gasteiger partial charge is 0.326 e. The molecule has 58 heavy (non-hydrogen) atoms. The molecule has 1 heterocycles. The molecule has 1 saturated heterocycles. The molecular weight excluding hydrogens is 764 g/mol. The lowest BCUT2D eigenvalue weighted by molar-refractivity contribution is -0.144. The van der Waals surface area contributed by atoms with E-state index in [0.717, 1.165) is 25.8 Å². The molecule has 0 aliphatic carbocycles. The van der Waals surface area contributed by atoms with Crippen molar-refractivity contribution < 1.29 is 58.8 Å². The number of guanidine groups is 1. The number of nitrogens with one attached hydrogen (secondary N) is 7. The van der Waals surface area contributed by atoms with Crippen LogP contribution >= 0.6 is 0 Å². The topological polar surface area (TPSA) is 366 Å². The second-order valence-electron chi connectivity index (χ2n) is 13.9. The van der Waals surface area contributed by atoms with E-state index in [1.54, 1.807) is 30.3 Å². The van der Waals surface area contributed by atoms with Gasteiger partial charge in [-0.2, -0.15) is 0 Å². The number of hydrogen-bond donors (Lipinski definition) is 13. The normalized spacial score (nSPS) is 17.6. The van der Waals surface area contributed by atoms with Crippen molar-refractivity contribution in [2.45, 2.75) is 120 Å². The highest BCUT2D eigenvalue weighted by Crippen LogP contribution is 2.10. The lowest BCUT2D eigenvalue weighted by Gasteiger charge is -2.28.